The van der Waals surface area contributed by atoms with Crippen molar-refractivity contribution < 1.29 is 4.74 Å². The SMILES string of the molecule is CCCOc1cc(N(CC)CC)ccc1C(C)C. The molecule has 0 N–H and O–H groups in total. The molecule has 0 aliphatic carbocycles. The molecule has 1 aromatic rings. The Bertz CT molecular complexity index is 356. The molecular formula is C16H27NO. The maximum Gasteiger partial charge on any atom is 0.124 e. The summed E-state index contributed by atoms with van der Waals surface area (Å²) in [5.41, 5.74) is 2.56. The quantitative estimate of drug-likeness (QED) is 0.708. The van der Waals surface area contributed by atoms with Crippen LogP contribution in [0.15, 0.2) is 18.2 Å². The predicted molar refractivity (Wildman–Crippen MR) is 79.9 cm³/mol. The average Bonchev–Trinajstić information content (AvgIpc) is 2.37. The highest BCUT2D eigenvalue weighted by atomic mass is 16.5. The van der Waals surface area contributed by atoms with Crippen molar-refractivity contribution in [1.82, 2.24) is 0 Å². The van der Waals surface area contributed by atoms with Crippen LogP contribution in [-0.4, -0.2) is 19.7 Å². The molecule has 0 fully saturated rings. The van der Waals surface area contributed by atoms with E-state index in [1.165, 1.54) is 11.3 Å². The summed E-state index contributed by atoms with van der Waals surface area (Å²) in [6.45, 7) is 13.8. The Morgan fingerprint density at radius 2 is 1.78 bits per heavy atom. The molecular weight excluding hydrogens is 222 g/mol. The number of anilines is 1. The van der Waals surface area contributed by atoms with Crippen molar-refractivity contribution in [2.75, 3.05) is 24.6 Å². The van der Waals surface area contributed by atoms with Crippen molar-refractivity contribution in [3.63, 3.8) is 0 Å². The lowest BCUT2D eigenvalue weighted by atomic mass is 10.0. The second-order valence-electron chi connectivity index (χ2n) is 4.90. The van der Waals surface area contributed by atoms with Crippen molar-refractivity contribution in [3.8, 4) is 5.75 Å². The van der Waals surface area contributed by atoms with E-state index < -0.39 is 0 Å². The fourth-order valence-electron chi connectivity index (χ4n) is 2.12. The molecule has 1 aromatic carbocycles. The van der Waals surface area contributed by atoms with Crippen LogP contribution in [0.25, 0.3) is 0 Å². The first-order valence-electron chi connectivity index (χ1n) is 7.15. The third kappa shape index (κ3) is 3.66. The van der Waals surface area contributed by atoms with Gasteiger partial charge in [-0.15, -0.1) is 0 Å². The Morgan fingerprint density at radius 1 is 1.11 bits per heavy atom. The normalized spacial score (nSPS) is 10.8. The molecule has 0 aromatic heterocycles. The fraction of sp³-hybridized carbons (Fsp3) is 0.625. The fourth-order valence-corrected chi connectivity index (χ4v) is 2.12. The largest absolute Gasteiger partial charge is 0.493 e. The van der Waals surface area contributed by atoms with Gasteiger partial charge in [-0.1, -0.05) is 26.8 Å². The highest BCUT2D eigenvalue weighted by molar-refractivity contribution is 5.54. The molecule has 2 heteroatoms. The molecule has 0 unspecified atom stereocenters. The summed E-state index contributed by atoms with van der Waals surface area (Å²) in [5, 5.41) is 0. The first-order valence-corrected chi connectivity index (χ1v) is 7.15. The van der Waals surface area contributed by atoms with Crippen molar-refractivity contribution in [2.45, 2.75) is 47.0 Å². The van der Waals surface area contributed by atoms with Crippen molar-refractivity contribution >= 4 is 5.69 Å². The van der Waals surface area contributed by atoms with Crippen LogP contribution in [0.5, 0.6) is 5.75 Å². The van der Waals surface area contributed by atoms with Crippen LogP contribution >= 0.6 is 0 Å². The number of benzene rings is 1. The number of hydrogen-bond acceptors (Lipinski definition) is 2. The van der Waals surface area contributed by atoms with Crippen LogP contribution in [-0.2, 0) is 0 Å². The summed E-state index contributed by atoms with van der Waals surface area (Å²) < 4.78 is 5.90. The van der Waals surface area contributed by atoms with E-state index in [1.54, 1.807) is 0 Å². The Kier molecular flexibility index (Phi) is 6.03. The monoisotopic (exact) mass is 249 g/mol. The molecule has 0 aliphatic rings. The van der Waals surface area contributed by atoms with Crippen LogP contribution < -0.4 is 9.64 Å². The average molecular weight is 249 g/mol. The number of hydrogen-bond donors (Lipinski definition) is 0. The Labute approximate surface area is 112 Å². The molecule has 102 valence electrons. The van der Waals surface area contributed by atoms with E-state index in [0.29, 0.717) is 5.92 Å². The van der Waals surface area contributed by atoms with Crippen molar-refractivity contribution in [3.05, 3.63) is 23.8 Å². The van der Waals surface area contributed by atoms with E-state index in [2.05, 4.69) is 57.7 Å². The van der Waals surface area contributed by atoms with E-state index >= 15 is 0 Å². The third-order valence-electron chi connectivity index (χ3n) is 3.21. The molecule has 18 heavy (non-hydrogen) atoms. The van der Waals surface area contributed by atoms with Gasteiger partial charge in [0.2, 0.25) is 0 Å². The van der Waals surface area contributed by atoms with Crippen LogP contribution in [0.2, 0.25) is 0 Å². The maximum atomic E-state index is 5.90. The summed E-state index contributed by atoms with van der Waals surface area (Å²) in [7, 11) is 0. The summed E-state index contributed by atoms with van der Waals surface area (Å²) in [6.07, 6.45) is 1.05. The molecule has 0 saturated heterocycles. The first kappa shape index (κ1) is 14.9. The lowest BCUT2D eigenvalue weighted by Crippen LogP contribution is -2.21. The van der Waals surface area contributed by atoms with Gasteiger partial charge in [0.25, 0.3) is 0 Å². The predicted octanol–water partition coefficient (Wildman–Crippen LogP) is 4.45. The lowest BCUT2D eigenvalue weighted by Gasteiger charge is -2.23. The van der Waals surface area contributed by atoms with Crippen molar-refractivity contribution in [2.24, 2.45) is 0 Å². The highest BCUT2D eigenvalue weighted by Gasteiger charge is 2.11. The second kappa shape index (κ2) is 7.30. The van der Waals surface area contributed by atoms with Crippen LogP contribution in [0.4, 0.5) is 5.69 Å². The molecule has 0 heterocycles. The molecule has 0 spiro atoms. The van der Waals surface area contributed by atoms with Crippen molar-refractivity contribution in [1.29, 1.82) is 0 Å². The summed E-state index contributed by atoms with van der Waals surface area (Å²) >= 11 is 0. The summed E-state index contributed by atoms with van der Waals surface area (Å²) in [5.74, 6) is 1.55. The van der Waals surface area contributed by atoms with Gasteiger partial charge in [0.05, 0.1) is 6.61 Å². The molecule has 0 saturated carbocycles. The minimum Gasteiger partial charge on any atom is -0.493 e. The number of rotatable bonds is 7. The Balaban J connectivity index is 3.03. The molecule has 0 bridgehead atoms. The Morgan fingerprint density at radius 3 is 2.28 bits per heavy atom. The van der Waals surface area contributed by atoms with Gasteiger partial charge >= 0.3 is 0 Å². The second-order valence-corrected chi connectivity index (χ2v) is 4.90. The first-order chi connectivity index (χ1) is 8.63. The molecule has 0 amide bonds. The van der Waals surface area contributed by atoms with Gasteiger partial charge < -0.3 is 9.64 Å². The lowest BCUT2D eigenvalue weighted by molar-refractivity contribution is 0.313. The van der Waals surface area contributed by atoms with Crippen LogP contribution in [0.3, 0.4) is 0 Å². The van der Waals surface area contributed by atoms with Gasteiger partial charge in [0.15, 0.2) is 0 Å². The van der Waals surface area contributed by atoms with Gasteiger partial charge in [0.1, 0.15) is 5.75 Å². The molecule has 0 atom stereocenters. The summed E-state index contributed by atoms with van der Waals surface area (Å²) in [4.78, 5) is 2.35. The van der Waals surface area contributed by atoms with Gasteiger partial charge in [-0.25, -0.2) is 0 Å². The number of nitrogens with zero attached hydrogens (tertiary/aromatic N) is 1. The molecule has 2 nitrogen and oxygen atoms in total. The smallest absolute Gasteiger partial charge is 0.124 e. The summed E-state index contributed by atoms with van der Waals surface area (Å²) in [6, 6.07) is 6.61. The van der Waals surface area contributed by atoms with Crippen LogP contribution in [0, 0.1) is 0 Å². The van der Waals surface area contributed by atoms with Gasteiger partial charge in [-0.3, -0.25) is 0 Å². The van der Waals surface area contributed by atoms with E-state index in [4.69, 9.17) is 4.74 Å². The topological polar surface area (TPSA) is 12.5 Å². The van der Waals surface area contributed by atoms with Crippen LogP contribution in [0.1, 0.15) is 52.5 Å². The molecule has 0 aliphatic heterocycles. The standard InChI is InChI=1S/C16H27NO/c1-6-11-18-16-12-14(17(7-2)8-3)9-10-15(16)13(4)5/h9-10,12-13H,6-8,11H2,1-5H3. The van der Waals surface area contributed by atoms with E-state index in [9.17, 15) is 0 Å². The van der Waals surface area contributed by atoms with Gasteiger partial charge in [-0.2, -0.15) is 0 Å². The number of ether oxygens (including phenoxy) is 1. The highest BCUT2D eigenvalue weighted by Crippen LogP contribution is 2.31. The van der Waals surface area contributed by atoms with Gasteiger partial charge in [-0.05, 0) is 37.8 Å². The van der Waals surface area contributed by atoms with E-state index in [1.807, 2.05) is 0 Å². The van der Waals surface area contributed by atoms with E-state index in [0.717, 1.165) is 31.9 Å². The zero-order valence-corrected chi connectivity index (χ0v) is 12.5. The Hall–Kier alpha value is -1.18. The van der Waals surface area contributed by atoms with E-state index in [-0.39, 0.29) is 0 Å². The minimum absolute atomic E-state index is 0.502. The third-order valence-corrected chi connectivity index (χ3v) is 3.21. The van der Waals surface area contributed by atoms with Gasteiger partial charge in [0, 0.05) is 24.8 Å². The molecule has 0 radical (unpaired) electrons. The zero-order valence-electron chi connectivity index (χ0n) is 12.5. The molecule has 1 rings (SSSR count). The maximum absolute atomic E-state index is 5.90. The minimum atomic E-state index is 0.502. The zero-order chi connectivity index (χ0) is 13.5.